The first-order valence-corrected chi connectivity index (χ1v) is 8.41. The highest BCUT2D eigenvalue weighted by Crippen LogP contribution is 2.17. The number of halogens is 2. The van der Waals surface area contributed by atoms with Crippen molar-refractivity contribution in [2.45, 2.75) is 25.4 Å². The lowest BCUT2D eigenvalue weighted by Gasteiger charge is -2.22. The molecule has 1 unspecified atom stereocenters. The molecule has 1 aliphatic rings. The molecule has 1 saturated heterocycles. The van der Waals surface area contributed by atoms with E-state index in [0.29, 0.717) is 21.8 Å². The second-order valence-electron chi connectivity index (χ2n) is 5.61. The van der Waals surface area contributed by atoms with Gasteiger partial charge >= 0.3 is 0 Å². The number of benzene rings is 1. The van der Waals surface area contributed by atoms with E-state index >= 15 is 0 Å². The standard InChI is InChI=1S/C16H18BrFN4O/c17-13-4-3-11(8-14(13)18)9-20-16(23)15-5-7-22(21-15)12-2-1-6-19-10-12/h3-5,7-8,12,19H,1-2,6,9-10H2,(H,20,23). The molecule has 122 valence electrons. The lowest BCUT2D eigenvalue weighted by molar-refractivity contribution is 0.0944. The molecule has 2 aromatic rings. The summed E-state index contributed by atoms with van der Waals surface area (Å²) < 4.78 is 15.7. The predicted molar refractivity (Wildman–Crippen MR) is 88.6 cm³/mol. The first-order valence-electron chi connectivity index (χ1n) is 7.61. The number of rotatable bonds is 4. The number of carbonyl (C=O) groups is 1. The number of hydrogen-bond donors (Lipinski definition) is 2. The van der Waals surface area contributed by atoms with Crippen LogP contribution in [0.15, 0.2) is 34.9 Å². The van der Waals surface area contributed by atoms with Crippen LogP contribution in [0.2, 0.25) is 0 Å². The van der Waals surface area contributed by atoms with Gasteiger partial charge in [0.15, 0.2) is 0 Å². The molecular formula is C16H18BrFN4O. The fraction of sp³-hybridized carbons (Fsp3) is 0.375. The van der Waals surface area contributed by atoms with Crippen LogP contribution in [0.4, 0.5) is 4.39 Å². The first-order chi connectivity index (χ1) is 11.1. The van der Waals surface area contributed by atoms with E-state index in [-0.39, 0.29) is 18.3 Å². The average Bonchev–Trinajstić information content (AvgIpc) is 3.06. The molecule has 1 amide bonds. The summed E-state index contributed by atoms with van der Waals surface area (Å²) in [6, 6.07) is 6.80. The Balaban J connectivity index is 1.59. The first kappa shape index (κ1) is 16.1. The summed E-state index contributed by atoms with van der Waals surface area (Å²) in [5.41, 5.74) is 1.09. The number of amides is 1. The van der Waals surface area contributed by atoms with Crippen LogP contribution >= 0.6 is 15.9 Å². The Bertz CT molecular complexity index is 697. The molecule has 1 aliphatic heterocycles. The summed E-state index contributed by atoms with van der Waals surface area (Å²) in [7, 11) is 0. The minimum absolute atomic E-state index is 0.254. The van der Waals surface area contributed by atoms with Gasteiger partial charge in [-0.2, -0.15) is 5.10 Å². The molecule has 1 aromatic carbocycles. The molecular weight excluding hydrogens is 363 g/mol. The third kappa shape index (κ3) is 3.97. The van der Waals surface area contributed by atoms with Crippen molar-refractivity contribution in [3.63, 3.8) is 0 Å². The van der Waals surface area contributed by atoms with E-state index in [4.69, 9.17) is 0 Å². The second kappa shape index (κ2) is 7.23. The number of aromatic nitrogens is 2. The topological polar surface area (TPSA) is 59.0 Å². The molecule has 2 N–H and O–H groups in total. The maximum Gasteiger partial charge on any atom is 0.272 e. The molecule has 7 heteroatoms. The second-order valence-corrected chi connectivity index (χ2v) is 6.47. The van der Waals surface area contributed by atoms with Crippen LogP contribution < -0.4 is 10.6 Å². The van der Waals surface area contributed by atoms with E-state index < -0.39 is 0 Å². The van der Waals surface area contributed by atoms with E-state index in [9.17, 15) is 9.18 Å². The molecule has 1 aromatic heterocycles. The highest BCUT2D eigenvalue weighted by atomic mass is 79.9. The monoisotopic (exact) mass is 380 g/mol. The summed E-state index contributed by atoms with van der Waals surface area (Å²) in [6.45, 7) is 2.18. The summed E-state index contributed by atoms with van der Waals surface area (Å²) in [4.78, 5) is 12.2. The van der Waals surface area contributed by atoms with Gasteiger partial charge in [-0.1, -0.05) is 6.07 Å². The number of carbonyl (C=O) groups excluding carboxylic acids is 1. The highest BCUT2D eigenvalue weighted by molar-refractivity contribution is 9.10. The van der Waals surface area contributed by atoms with Gasteiger partial charge in [-0.3, -0.25) is 9.48 Å². The lowest BCUT2D eigenvalue weighted by Crippen LogP contribution is -2.32. The Hall–Kier alpha value is -1.73. The van der Waals surface area contributed by atoms with Crippen LogP contribution in [0, 0.1) is 5.82 Å². The summed E-state index contributed by atoms with van der Waals surface area (Å²) in [6.07, 6.45) is 4.01. The van der Waals surface area contributed by atoms with Crippen molar-refractivity contribution in [2.24, 2.45) is 0 Å². The number of piperidine rings is 1. The van der Waals surface area contributed by atoms with Crippen LogP contribution in [0.3, 0.4) is 0 Å². The summed E-state index contributed by atoms with van der Waals surface area (Å²) >= 11 is 3.11. The minimum Gasteiger partial charge on any atom is -0.347 e. The largest absolute Gasteiger partial charge is 0.347 e. The Morgan fingerprint density at radius 1 is 1.48 bits per heavy atom. The minimum atomic E-state index is -0.342. The number of nitrogens with zero attached hydrogens (tertiary/aromatic N) is 2. The van der Waals surface area contributed by atoms with E-state index in [2.05, 4.69) is 31.7 Å². The number of hydrogen-bond acceptors (Lipinski definition) is 3. The average molecular weight is 381 g/mol. The molecule has 0 spiro atoms. The molecule has 0 saturated carbocycles. The molecule has 1 fully saturated rings. The van der Waals surface area contributed by atoms with Crippen LogP contribution in [-0.2, 0) is 6.54 Å². The van der Waals surface area contributed by atoms with Gasteiger partial charge in [-0.25, -0.2) is 4.39 Å². The molecule has 23 heavy (non-hydrogen) atoms. The van der Waals surface area contributed by atoms with Gasteiger partial charge in [-0.05, 0) is 59.1 Å². The smallest absolute Gasteiger partial charge is 0.272 e. The van der Waals surface area contributed by atoms with Crippen molar-refractivity contribution in [2.75, 3.05) is 13.1 Å². The van der Waals surface area contributed by atoms with Crippen LogP contribution in [0.25, 0.3) is 0 Å². The normalized spacial score (nSPS) is 17.9. The van der Waals surface area contributed by atoms with Crippen molar-refractivity contribution in [3.05, 3.63) is 52.0 Å². The van der Waals surface area contributed by atoms with E-state index in [0.717, 1.165) is 25.9 Å². The maximum absolute atomic E-state index is 13.5. The third-order valence-corrected chi connectivity index (χ3v) is 4.57. The SMILES string of the molecule is O=C(NCc1ccc(Br)c(F)c1)c1ccn(C2CCCNC2)n1. The van der Waals surface area contributed by atoms with Crippen molar-refractivity contribution < 1.29 is 9.18 Å². The molecule has 0 bridgehead atoms. The fourth-order valence-corrected chi connectivity index (χ4v) is 2.89. The Kier molecular flexibility index (Phi) is 5.07. The summed E-state index contributed by atoms with van der Waals surface area (Å²) in [5.74, 6) is -0.596. The van der Waals surface area contributed by atoms with Gasteiger partial charge in [0.05, 0.1) is 10.5 Å². The molecule has 2 heterocycles. The molecule has 5 nitrogen and oxygen atoms in total. The zero-order valence-corrected chi connectivity index (χ0v) is 14.1. The number of nitrogens with one attached hydrogen (secondary N) is 2. The van der Waals surface area contributed by atoms with Crippen molar-refractivity contribution in [1.29, 1.82) is 0 Å². The lowest BCUT2D eigenvalue weighted by atomic mass is 10.1. The molecule has 0 aliphatic carbocycles. The molecule has 3 rings (SSSR count). The Labute approximate surface area is 142 Å². The fourth-order valence-electron chi connectivity index (χ4n) is 2.64. The van der Waals surface area contributed by atoms with E-state index in [1.54, 1.807) is 18.2 Å². The Morgan fingerprint density at radius 2 is 2.35 bits per heavy atom. The van der Waals surface area contributed by atoms with E-state index in [1.807, 2.05) is 10.9 Å². The zero-order chi connectivity index (χ0) is 16.2. The van der Waals surface area contributed by atoms with Gasteiger partial charge in [0.1, 0.15) is 11.5 Å². The quantitative estimate of drug-likeness (QED) is 0.856. The van der Waals surface area contributed by atoms with Gasteiger partial charge in [0.25, 0.3) is 5.91 Å². The van der Waals surface area contributed by atoms with Crippen LogP contribution in [0.1, 0.15) is 34.9 Å². The predicted octanol–water partition coefficient (Wildman–Crippen LogP) is 2.64. The van der Waals surface area contributed by atoms with Gasteiger partial charge in [-0.15, -0.1) is 0 Å². The Morgan fingerprint density at radius 3 is 3.09 bits per heavy atom. The van der Waals surface area contributed by atoms with Gasteiger partial charge in [0, 0.05) is 19.3 Å². The van der Waals surface area contributed by atoms with Gasteiger partial charge in [0.2, 0.25) is 0 Å². The highest BCUT2D eigenvalue weighted by Gasteiger charge is 2.17. The third-order valence-electron chi connectivity index (χ3n) is 3.92. The zero-order valence-electron chi connectivity index (χ0n) is 12.6. The van der Waals surface area contributed by atoms with Crippen molar-refractivity contribution >= 4 is 21.8 Å². The summed E-state index contributed by atoms with van der Waals surface area (Å²) in [5, 5.41) is 10.5. The van der Waals surface area contributed by atoms with Crippen molar-refractivity contribution in [1.82, 2.24) is 20.4 Å². The van der Waals surface area contributed by atoms with Crippen molar-refractivity contribution in [3.8, 4) is 0 Å². The molecule has 0 radical (unpaired) electrons. The van der Waals surface area contributed by atoms with Gasteiger partial charge < -0.3 is 10.6 Å². The van der Waals surface area contributed by atoms with Crippen LogP contribution in [-0.4, -0.2) is 28.8 Å². The van der Waals surface area contributed by atoms with E-state index in [1.165, 1.54) is 6.07 Å². The maximum atomic E-state index is 13.5. The van der Waals surface area contributed by atoms with Crippen LogP contribution in [0.5, 0.6) is 0 Å². The molecule has 1 atom stereocenters.